The van der Waals surface area contributed by atoms with Gasteiger partial charge in [-0.25, -0.2) is 4.98 Å². The SMILES string of the molecule is C/C=c1/c(C(=O)NCc2ccccc2)c(CC)c(-c2ccccc2)n/c1=C/C(=C/O)OC. The standard InChI is InChI=1S/C27H28N2O3/c1-4-22-24(16-21(18-30)32-3)29-26(20-14-10-7-11-15-20)23(5-2)25(22)27(31)28-17-19-12-8-6-9-13-19/h4,6-16,18,30H,5,17H2,1-3H3,(H,28,31)/b21-18-,22-4+,24-16+. The van der Waals surface area contributed by atoms with Gasteiger partial charge in [0.2, 0.25) is 0 Å². The van der Waals surface area contributed by atoms with E-state index in [0.717, 1.165) is 28.6 Å². The van der Waals surface area contributed by atoms with E-state index in [4.69, 9.17) is 9.72 Å². The third-order valence-electron chi connectivity index (χ3n) is 5.22. The van der Waals surface area contributed by atoms with Crippen molar-refractivity contribution in [2.24, 2.45) is 0 Å². The van der Waals surface area contributed by atoms with Crippen LogP contribution in [0.5, 0.6) is 0 Å². The molecule has 1 heterocycles. The predicted octanol–water partition coefficient (Wildman–Crippen LogP) is 3.87. The Hall–Kier alpha value is -3.86. The molecule has 164 valence electrons. The van der Waals surface area contributed by atoms with E-state index >= 15 is 0 Å². The number of benzene rings is 2. The number of pyridine rings is 1. The van der Waals surface area contributed by atoms with Gasteiger partial charge in [-0.3, -0.25) is 4.79 Å². The molecule has 2 N–H and O–H groups in total. The Morgan fingerprint density at radius 1 is 1.09 bits per heavy atom. The minimum atomic E-state index is -0.167. The van der Waals surface area contributed by atoms with Crippen LogP contribution >= 0.6 is 0 Å². The summed E-state index contributed by atoms with van der Waals surface area (Å²) in [6, 6.07) is 19.6. The van der Waals surface area contributed by atoms with E-state index in [1.165, 1.54) is 7.11 Å². The van der Waals surface area contributed by atoms with Crippen molar-refractivity contribution in [1.29, 1.82) is 0 Å². The zero-order valence-electron chi connectivity index (χ0n) is 18.6. The molecular formula is C27H28N2O3. The minimum Gasteiger partial charge on any atom is -0.512 e. The number of carbonyl (C=O) groups excluding carboxylic acids is 1. The first-order chi connectivity index (χ1) is 15.6. The zero-order valence-corrected chi connectivity index (χ0v) is 18.6. The van der Waals surface area contributed by atoms with Crippen molar-refractivity contribution < 1.29 is 14.6 Å². The number of ether oxygens (including phenoxy) is 1. The van der Waals surface area contributed by atoms with Crippen LogP contribution < -0.4 is 15.9 Å². The average molecular weight is 429 g/mol. The van der Waals surface area contributed by atoms with Gasteiger partial charge in [0.05, 0.1) is 23.7 Å². The number of aromatic nitrogens is 1. The van der Waals surface area contributed by atoms with Crippen LogP contribution in [-0.2, 0) is 17.7 Å². The molecule has 0 unspecified atom stereocenters. The van der Waals surface area contributed by atoms with Crippen LogP contribution in [0.2, 0.25) is 0 Å². The van der Waals surface area contributed by atoms with Crippen LogP contribution in [0.25, 0.3) is 23.4 Å². The number of nitrogens with zero attached hydrogens (tertiary/aromatic N) is 1. The van der Waals surface area contributed by atoms with Gasteiger partial charge in [-0.15, -0.1) is 0 Å². The third kappa shape index (κ3) is 5.06. The number of carbonyl (C=O) groups is 1. The molecule has 0 saturated heterocycles. The number of hydrogen-bond acceptors (Lipinski definition) is 4. The second-order valence-electron chi connectivity index (χ2n) is 7.17. The van der Waals surface area contributed by atoms with Crippen molar-refractivity contribution >= 4 is 18.1 Å². The molecule has 1 amide bonds. The van der Waals surface area contributed by atoms with Gasteiger partial charge in [-0.1, -0.05) is 73.7 Å². The molecule has 0 saturated carbocycles. The monoisotopic (exact) mass is 428 g/mol. The fraction of sp³-hybridized carbons (Fsp3) is 0.185. The Morgan fingerprint density at radius 3 is 2.31 bits per heavy atom. The predicted molar refractivity (Wildman–Crippen MR) is 128 cm³/mol. The average Bonchev–Trinajstić information content (AvgIpc) is 2.85. The Morgan fingerprint density at radius 2 is 1.75 bits per heavy atom. The lowest BCUT2D eigenvalue weighted by molar-refractivity contribution is 0.0948. The van der Waals surface area contributed by atoms with Gasteiger partial charge in [0.15, 0.2) is 5.76 Å². The van der Waals surface area contributed by atoms with Gasteiger partial charge < -0.3 is 15.2 Å². The smallest absolute Gasteiger partial charge is 0.252 e. The summed E-state index contributed by atoms with van der Waals surface area (Å²) in [6.07, 6.45) is 5.02. The van der Waals surface area contributed by atoms with Crippen LogP contribution in [0.4, 0.5) is 0 Å². The van der Waals surface area contributed by atoms with E-state index < -0.39 is 0 Å². The Bertz CT molecular complexity index is 1220. The van der Waals surface area contributed by atoms with Gasteiger partial charge >= 0.3 is 0 Å². The van der Waals surface area contributed by atoms with Crippen molar-refractivity contribution in [2.45, 2.75) is 26.8 Å². The molecule has 0 bridgehead atoms. The molecule has 2 aromatic carbocycles. The van der Waals surface area contributed by atoms with E-state index in [9.17, 15) is 9.90 Å². The maximum Gasteiger partial charge on any atom is 0.252 e. The fourth-order valence-electron chi connectivity index (χ4n) is 3.65. The highest BCUT2D eigenvalue weighted by Crippen LogP contribution is 2.22. The number of hydrogen-bond donors (Lipinski definition) is 2. The number of aliphatic hydroxyl groups is 1. The maximum atomic E-state index is 13.5. The van der Waals surface area contributed by atoms with Gasteiger partial charge in [0.25, 0.3) is 5.91 Å². The van der Waals surface area contributed by atoms with Crippen LogP contribution in [-0.4, -0.2) is 23.1 Å². The third-order valence-corrected chi connectivity index (χ3v) is 5.22. The van der Waals surface area contributed by atoms with E-state index in [2.05, 4.69) is 5.32 Å². The number of amides is 1. The first-order valence-corrected chi connectivity index (χ1v) is 10.6. The second-order valence-corrected chi connectivity index (χ2v) is 7.17. The summed E-state index contributed by atoms with van der Waals surface area (Å²) in [5, 5.41) is 13.8. The molecule has 0 radical (unpaired) electrons. The van der Waals surface area contributed by atoms with Gasteiger partial charge in [0, 0.05) is 23.4 Å². The molecular weight excluding hydrogens is 400 g/mol. The number of methoxy groups -OCH3 is 1. The van der Waals surface area contributed by atoms with Crippen LogP contribution in [0.3, 0.4) is 0 Å². The van der Waals surface area contributed by atoms with Gasteiger partial charge in [0.1, 0.15) is 6.26 Å². The topological polar surface area (TPSA) is 71.5 Å². The number of allylic oxidation sites excluding steroid dienone is 1. The molecule has 0 aliphatic rings. The largest absolute Gasteiger partial charge is 0.512 e. The Labute approximate surface area is 188 Å². The number of nitrogens with one attached hydrogen (secondary N) is 1. The molecule has 3 aromatic rings. The summed E-state index contributed by atoms with van der Waals surface area (Å²) in [5.74, 6) is 0.0829. The van der Waals surface area contributed by atoms with Crippen molar-refractivity contribution in [3.8, 4) is 11.3 Å². The Balaban J connectivity index is 2.24. The van der Waals surface area contributed by atoms with Crippen LogP contribution in [0.1, 0.15) is 35.3 Å². The first kappa shape index (κ1) is 22.8. The summed E-state index contributed by atoms with van der Waals surface area (Å²) in [5.41, 5.74) is 4.14. The quantitative estimate of drug-likeness (QED) is 0.561. The van der Waals surface area contributed by atoms with Crippen LogP contribution in [0.15, 0.2) is 72.7 Å². The fourth-order valence-corrected chi connectivity index (χ4v) is 3.65. The van der Waals surface area contributed by atoms with Crippen molar-refractivity contribution in [3.05, 3.63) is 99.9 Å². The number of aliphatic hydroxyl groups excluding tert-OH is 1. The lowest BCUT2D eigenvalue weighted by atomic mass is 9.96. The number of rotatable bonds is 7. The molecule has 3 rings (SSSR count). The highest BCUT2D eigenvalue weighted by atomic mass is 16.5. The molecule has 0 spiro atoms. The maximum absolute atomic E-state index is 13.5. The normalized spacial score (nSPS) is 12.7. The minimum absolute atomic E-state index is 0.167. The molecule has 5 heteroatoms. The van der Waals surface area contributed by atoms with E-state index in [1.54, 1.807) is 6.08 Å². The molecule has 0 atom stereocenters. The molecule has 32 heavy (non-hydrogen) atoms. The van der Waals surface area contributed by atoms with Gasteiger partial charge in [-0.05, 0) is 24.5 Å². The lowest BCUT2D eigenvalue weighted by Gasteiger charge is -2.15. The summed E-state index contributed by atoms with van der Waals surface area (Å²) < 4.78 is 5.21. The molecule has 0 fully saturated rings. The lowest BCUT2D eigenvalue weighted by Crippen LogP contribution is -2.40. The highest BCUT2D eigenvalue weighted by molar-refractivity contribution is 5.97. The Kier molecular flexibility index (Phi) is 7.81. The zero-order chi connectivity index (χ0) is 22.9. The van der Waals surface area contributed by atoms with Crippen molar-refractivity contribution in [2.75, 3.05) is 7.11 Å². The summed E-state index contributed by atoms with van der Waals surface area (Å²) in [4.78, 5) is 18.4. The van der Waals surface area contributed by atoms with Gasteiger partial charge in [-0.2, -0.15) is 0 Å². The van der Waals surface area contributed by atoms with Crippen molar-refractivity contribution in [1.82, 2.24) is 10.3 Å². The second kappa shape index (κ2) is 11.0. The summed E-state index contributed by atoms with van der Waals surface area (Å²) in [7, 11) is 1.47. The highest BCUT2D eigenvalue weighted by Gasteiger charge is 2.19. The molecule has 1 aromatic heterocycles. The van der Waals surface area contributed by atoms with E-state index in [0.29, 0.717) is 29.1 Å². The molecule has 0 aliphatic carbocycles. The summed E-state index contributed by atoms with van der Waals surface area (Å²) in [6.45, 7) is 4.32. The van der Waals surface area contributed by atoms with E-state index in [1.807, 2.05) is 80.6 Å². The van der Waals surface area contributed by atoms with Crippen LogP contribution in [0, 0.1) is 0 Å². The summed E-state index contributed by atoms with van der Waals surface area (Å²) >= 11 is 0. The first-order valence-electron chi connectivity index (χ1n) is 10.6. The van der Waals surface area contributed by atoms with E-state index in [-0.39, 0.29) is 11.7 Å². The van der Waals surface area contributed by atoms with Crippen molar-refractivity contribution in [3.63, 3.8) is 0 Å². The molecule has 0 aliphatic heterocycles. The molecule has 5 nitrogen and oxygen atoms in total.